The minimum Gasteiger partial charge on any atom is -0.496 e. The SMILES string of the molecule is Br.COc1ccc(OC)c(P(C(C)(C)C)C(C)(C)C)c1-c1c(C(C)C)cc(C(C)C)cc1C(C)C.C[Si](C)(C)CCOC(=O)C1=CC=C=C[CH]1.[Pd]. The fourth-order valence-corrected chi connectivity index (χ4v) is 11.2. The van der Waals surface area contributed by atoms with Crippen LogP contribution >= 0.6 is 24.9 Å². The largest absolute Gasteiger partial charge is 0.496 e. The summed E-state index contributed by atoms with van der Waals surface area (Å²) in [7, 11) is 1.88. The van der Waals surface area contributed by atoms with E-state index in [1.807, 2.05) is 7.11 Å². The van der Waals surface area contributed by atoms with Gasteiger partial charge in [0.1, 0.15) is 11.5 Å². The maximum absolute atomic E-state index is 11.5. The zero-order valence-electron chi connectivity index (χ0n) is 34.6. The van der Waals surface area contributed by atoms with Crippen LogP contribution in [0.15, 0.2) is 53.8 Å². The number of halogens is 1. The van der Waals surface area contributed by atoms with Gasteiger partial charge in [0.05, 0.1) is 20.8 Å². The van der Waals surface area contributed by atoms with Crippen LogP contribution in [-0.2, 0) is 30.0 Å². The number of hydrogen-bond donors (Lipinski definition) is 0. The topological polar surface area (TPSA) is 44.8 Å². The van der Waals surface area contributed by atoms with Crippen molar-refractivity contribution in [3.8, 4) is 22.6 Å². The first-order chi connectivity index (χ1) is 22.5. The molecule has 1 radical (unpaired) electrons. The van der Waals surface area contributed by atoms with Gasteiger partial charge in [-0.25, -0.2) is 4.79 Å². The first-order valence-corrected chi connectivity index (χ1v) is 23.0. The third kappa shape index (κ3) is 14.0. The number of benzene rings is 2. The van der Waals surface area contributed by atoms with E-state index in [1.54, 1.807) is 31.8 Å². The Kier molecular flexibility index (Phi) is 20.3. The molecule has 1 aliphatic rings. The van der Waals surface area contributed by atoms with E-state index in [9.17, 15) is 4.79 Å². The summed E-state index contributed by atoms with van der Waals surface area (Å²) < 4.78 is 17.4. The van der Waals surface area contributed by atoms with Gasteiger partial charge in [-0.3, -0.25) is 0 Å². The zero-order valence-corrected chi connectivity index (χ0v) is 39.7. The smallest absolute Gasteiger partial charge is 0.334 e. The Morgan fingerprint density at radius 2 is 1.27 bits per heavy atom. The van der Waals surface area contributed by atoms with Crippen LogP contribution in [0.3, 0.4) is 0 Å². The minimum absolute atomic E-state index is 0. The van der Waals surface area contributed by atoms with Crippen molar-refractivity contribution in [2.75, 3.05) is 20.8 Å². The van der Waals surface area contributed by atoms with E-state index in [1.165, 1.54) is 33.1 Å². The molecule has 2 aromatic rings. The fraction of sp³-hybridized carbons (Fsp3) is 0.558. The van der Waals surface area contributed by atoms with Gasteiger partial charge in [0.25, 0.3) is 0 Å². The van der Waals surface area contributed by atoms with Crippen LogP contribution in [0, 0.1) is 6.42 Å². The Bertz CT molecular complexity index is 1490. The van der Waals surface area contributed by atoms with Gasteiger partial charge < -0.3 is 14.2 Å². The molecule has 4 nitrogen and oxygen atoms in total. The summed E-state index contributed by atoms with van der Waals surface area (Å²) in [6, 6.07) is 10.1. The first kappa shape index (κ1) is 49.6. The number of ether oxygens (including phenoxy) is 3. The molecule has 0 unspecified atom stereocenters. The molecule has 0 amide bonds. The molecule has 0 saturated heterocycles. The number of carbonyl (C=O) groups is 1. The van der Waals surface area contributed by atoms with Crippen LogP contribution in [-0.4, -0.2) is 45.2 Å². The fourth-order valence-electron chi connectivity index (χ4n) is 6.33. The van der Waals surface area contributed by atoms with Gasteiger partial charge in [0, 0.05) is 51.4 Å². The van der Waals surface area contributed by atoms with Crippen molar-refractivity contribution in [3.05, 3.63) is 76.9 Å². The molecule has 0 heterocycles. The summed E-state index contributed by atoms with van der Waals surface area (Å²) in [5, 5.41) is 1.52. The van der Waals surface area contributed by atoms with Crippen molar-refractivity contribution in [2.24, 2.45) is 0 Å². The molecule has 2 aromatic carbocycles. The second-order valence-electron chi connectivity index (χ2n) is 17.1. The third-order valence-corrected chi connectivity index (χ3v) is 13.8. The van der Waals surface area contributed by atoms with Gasteiger partial charge in [-0.05, 0) is 86.7 Å². The van der Waals surface area contributed by atoms with Crippen molar-refractivity contribution in [2.45, 2.75) is 137 Å². The zero-order chi connectivity index (χ0) is 37.5. The quantitative estimate of drug-likeness (QED) is 0.0976. The molecular weight excluding hydrogens is 826 g/mol. The van der Waals surface area contributed by atoms with E-state index < -0.39 is 16.0 Å². The first-order valence-electron chi connectivity index (χ1n) is 17.9. The van der Waals surface area contributed by atoms with Gasteiger partial charge in [0.15, 0.2) is 0 Å². The molecule has 0 N–H and O–H groups in total. The molecule has 0 fully saturated rings. The number of esters is 1. The van der Waals surface area contributed by atoms with Gasteiger partial charge in [-0.1, -0.05) is 123 Å². The molecular formula is C43H67BrO4PPdSi. The van der Waals surface area contributed by atoms with Crippen molar-refractivity contribution in [1.82, 2.24) is 0 Å². The van der Waals surface area contributed by atoms with E-state index in [0.717, 1.165) is 17.5 Å². The molecule has 0 bridgehead atoms. The maximum Gasteiger partial charge on any atom is 0.334 e. The van der Waals surface area contributed by atoms with Crippen molar-refractivity contribution < 1.29 is 39.4 Å². The second-order valence-corrected chi connectivity index (χ2v) is 26.6. The van der Waals surface area contributed by atoms with Crippen LogP contribution < -0.4 is 14.8 Å². The van der Waals surface area contributed by atoms with Gasteiger partial charge >= 0.3 is 5.97 Å². The number of allylic oxidation sites excluding steroid dienone is 2. The Morgan fingerprint density at radius 3 is 1.65 bits per heavy atom. The molecule has 8 heteroatoms. The molecule has 1 aliphatic carbocycles. The van der Waals surface area contributed by atoms with Crippen molar-refractivity contribution >= 4 is 44.3 Å². The van der Waals surface area contributed by atoms with Crippen LogP contribution in [0.25, 0.3) is 11.1 Å². The summed E-state index contributed by atoms with van der Waals surface area (Å²) in [4.78, 5) is 11.5. The molecule has 0 spiro atoms. The summed E-state index contributed by atoms with van der Waals surface area (Å²) >= 11 is 0. The summed E-state index contributed by atoms with van der Waals surface area (Å²) in [6.45, 7) is 35.4. The predicted molar refractivity (Wildman–Crippen MR) is 228 cm³/mol. The number of rotatable bonds is 11. The molecule has 51 heavy (non-hydrogen) atoms. The number of carbonyl (C=O) groups excluding carboxylic acids is 1. The Balaban J connectivity index is 0.00000124. The van der Waals surface area contributed by atoms with Crippen LogP contribution in [0.5, 0.6) is 11.5 Å². The average Bonchev–Trinajstić information content (AvgIpc) is 2.98. The van der Waals surface area contributed by atoms with Crippen LogP contribution in [0.2, 0.25) is 25.7 Å². The summed E-state index contributed by atoms with van der Waals surface area (Å²) in [5.74, 6) is 2.96. The molecule has 289 valence electrons. The van der Waals surface area contributed by atoms with Gasteiger partial charge in [0.2, 0.25) is 0 Å². The monoisotopic (exact) mass is 891 g/mol. The van der Waals surface area contributed by atoms with Crippen molar-refractivity contribution in [1.29, 1.82) is 0 Å². The van der Waals surface area contributed by atoms with Crippen molar-refractivity contribution in [3.63, 3.8) is 0 Å². The van der Waals surface area contributed by atoms with E-state index in [4.69, 9.17) is 14.2 Å². The average molecular weight is 893 g/mol. The molecule has 0 saturated carbocycles. The standard InChI is InChI=1S/C31H49O2P.C12H17O2Si.BrH.Pd/c1-19(2)22-17-23(20(3)4)27(24(18-22)21(5)6)28-25(32-13)15-16-26(33-14)29(28)34(30(7,8)9)31(10,11)12;1-15(2,3)10-9-14-12(13)11-7-5-4-6-8-11;;/h15-21H,1-14H3;5-8H,9-10H2,1-3H3;1H;. The van der Waals surface area contributed by atoms with Gasteiger partial charge in [-0.2, -0.15) is 0 Å². The van der Waals surface area contributed by atoms with E-state index in [0.29, 0.717) is 29.9 Å². The van der Waals surface area contributed by atoms with Crippen LogP contribution in [0.1, 0.15) is 118 Å². The number of hydrogen-bond acceptors (Lipinski definition) is 4. The Morgan fingerprint density at radius 1 is 0.784 bits per heavy atom. The molecule has 0 aliphatic heterocycles. The summed E-state index contributed by atoms with van der Waals surface area (Å²) in [6.07, 6.45) is 6.87. The minimum atomic E-state index is -1.11. The van der Waals surface area contributed by atoms with E-state index >= 15 is 0 Å². The predicted octanol–water partition coefficient (Wildman–Crippen LogP) is 12.7. The Labute approximate surface area is 338 Å². The van der Waals surface area contributed by atoms with Crippen LogP contribution in [0.4, 0.5) is 0 Å². The summed E-state index contributed by atoms with van der Waals surface area (Å²) in [5.41, 5.74) is 10.3. The number of methoxy groups -OCH3 is 2. The second kappa shape index (κ2) is 20.9. The van der Waals surface area contributed by atoms with E-state index in [2.05, 4.69) is 133 Å². The normalized spacial score (nSPS) is 13.0. The van der Waals surface area contributed by atoms with E-state index in [-0.39, 0.29) is 53.7 Å². The Hall–Kier alpha value is -1.44. The molecule has 3 rings (SSSR count). The van der Waals surface area contributed by atoms with Gasteiger partial charge in [-0.15, -0.1) is 22.7 Å². The molecule has 0 aromatic heterocycles. The third-order valence-electron chi connectivity index (χ3n) is 8.53. The molecule has 0 atom stereocenters. The maximum atomic E-state index is 11.5.